The van der Waals surface area contributed by atoms with Gasteiger partial charge in [-0.05, 0) is 58.1 Å². The van der Waals surface area contributed by atoms with Crippen LogP contribution in [0.3, 0.4) is 0 Å². The number of aromatic nitrogens is 1. The zero-order chi connectivity index (χ0) is 20.8. The molecule has 29 heavy (non-hydrogen) atoms. The molecule has 152 valence electrons. The molecule has 3 rings (SSSR count). The Morgan fingerprint density at radius 2 is 1.93 bits per heavy atom. The molecule has 3 aromatic rings. The summed E-state index contributed by atoms with van der Waals surface area (Å²) in [5.74, 6) is 1.22. The van der Waals surface area contributed by atoms with E-state index < -0.39 is 0 Å². The van der Waals surface area contributed by atoms with Crippen molar-refractivity contribution in [1.29, 1.82) is 0 Å². The van der Waals surface area contributed by atoms with E-state index in [1.54, 1.807) is 0 Å². The summed E-state index contributed by atoms with van der Waals surface area (Å²) in [6, 6.07) is 14.1. The Morgan fingerprint density at radius 1 is 1.17 bits per heavy atom. The predicted molar refractivity (Wildman–Crippen MR) is 127 cm³/mol. The zero-order valence-electron chi connectivity index (χ0n) is 16.2. The Labute approximate surface area is 192 Å². The number of anilines is 1. The van der Waals surface area contributed by atoms with E-state index >= 15 is 0 Å². The van der Waals surface area contributed by atoms with Gasteiger partial charge in [-0.25, -0.2) is 4.98 Å². The Morgan fingerprint density at radius 3 is 2.62 bits per heavy atom. The van der Waals surface area contributed by atoms with E-state index in [0.29, 0.717) is 30.5 Å². The summed E-state index contributed by atoms with van der Waals surface area (Å²) in [5.41, 5.74) is 3.14. The molecule has 0 saturated heterocycles. The van der Waals surface area contributed by atoms with Crippen molar-refractivity contribution in [3.05, 3.63) is 62.4 Å². The second-order valence-electron chi connectivity index (χ2n) is 6.89. The summed E-state index contributed by atoms with van der Waals surface area (Å²) in [5, 5.41) is 5.42. The zero-order valence-corrected chi connectivity index (χ0v) is 20.2. The first-order chi connectivity index (χ1) is 13.9. The number of nitrogens with zero attached hydrogens (tertiary/aromatic N) is 1. The molecule has 7 heteroatoms. The molecule has 1 N–H and O–H groups in total. The van der Waals surface area contributed by atoms with Crippen LogP contribution in [0.15, 0.2) is 56.8 Å². The van der Waals surface area contributed by atoms with Gasteiger partial charge >= 0.3 is 0 Å². The highest BCUT2D eigenvalue weighted by Crippen LogP contribution is 2.29. The van der Waals surface area contributed by atoms with Crippen LogP contribution in [0.25, 0.3) is 11.3 Å². The number of nitrogens with one attached hydrogen (secondary N) is 1. The number of hydrogen-bond acceptors (Lipinski definition) is 4. The Kier molecular flexibility index (Phi) is 7.86. The summed E-state index contributed by atoms with van der Waals surface area (Å²) < 4.78 is 7.76. The predicted octanol–water partition coefficient (Wildman–Crippen LogP) is 7.26. The fraction of sp³-hybridized carbons (Fsp3) is 0.273. The van der Waals surface area contributed by atoms with E-state index in [0.717, 1.165) is 26.0 Å². The maximum atomic E-state index is 12.2. The van der Waals surface area contributed by atoms with Crippen molar-refractivity contribution < 1.29 is 9.53 Å². The number of benzene rings is 2. The topological polar surface area (TPSA) is 51.2 Å². The number of rotatable bonds is 8. The van der Waals surface area contributed by atoms with Gasteiger partial charge in [0.15, 0.2) is 5.13 Å². The van der Waals surface area contributed by atoms with Crippen molar-refractivity contribution in [2.45, 2.75) is 32.6 Å². The molecule has 1 amide bonds. The Balaban J connectivity index is 1.44. The second-order valence-corrected chi connectivity index (χ2v) is 9.52. The Hall–Kier alpha value is -1.70. The van der Waals surface area contributed by atoms with Crippen LogP contribution in [0, 0.1) is 0 Å². The monoisotopic (exact) mass is 536 g/mol. The SMILES string of the molecule is CC(C)c1ccc(OCCCC(=O)Nc2nc(-c3ccc(Br)cc3)cs2)c(Br)c1. The lowest BCUT2D eigenvalue weighted by molar-refractivity contribution is -0.116. The summed E-state index contributed by atoms with van der Waals surface area (Å²) >= 11 is 8.40. The smallest absolute Gasteiger partial charge is 0.226 e. The fourth-order valence-corrected chi connectivity index (χ4v) is 4.19. The van der Waals surface area contributed by atoms with E-state index in [2.05, 4.69) is 68.1 Å². The van der Waals surface area contributed by atoms with Crippen LogP contribution >= 0.6 is 43.2 Å². The highest BCUT2D eigenvalue weighted by Gasteiger charge is 2.09. The van der Waals surface area contributed by atoms with Crippen LogP contribution in [-0.4, -0.2) is 17.5 Å². The molecule has 1 aromatic heterocycles. The van der Waals surface area contributed by atoms with Crippen LogP contribution in [-0.2, 0) is 4.79 Å². The molecule has 0 aliphatic rings. The van der Waals surface area contributed by atoms with Crippen LogP contribution in [0.4, 0.5) is 5.13 Å². The molecule has 0 aliphatic carbocycles. The Bertz CT molecular complexity index is 971. The van der Waals surface area contributed by atoms with E-state index in [4.69, 9.17) is 4.74 Å². The quantitative estimate of drug-likeness (QED) is 0.308. The number of amides is 1. The number of carbonyl (C=O) groups is 1. The van der Waals surface area contributed by atoms with Gasteiger partial charge in [-0.2, -0.15) is 0 Å². The minimum absolute atomic E-state index is 0.0560. The maximum absolute atomic E-state index is 12.2. The van der Waals surface area contributed by atoms with E-state index in [9.17, 15) is 4.79 Å². The molecule has 0 aliphatic heterocycles. The van der Waals surface area contributed by atoms with Crippen molar-refractivity contribution in [2.24, 2.45) is 0 Å². The van der Waals surface area contributed by atoms with Gasteiger partial charge in [0.1, 0.15) is 5.75 Å². The molecule has 0 fully saturated rings. The van der Waals surface area contributed by atoms with Crippen molar-refractivity contribution in [1.82, 2.24) is 4.98 Å². The molecule has 0 bridgehead atoms. The van der Waals surface area contributed by atoms with Crippen LogP contribution in [0.2, 0.25) is 0 Å². The largest absolute Gasteiger partial charge is 0.492 e. The summed E-state index contributed by atoms with van der Waals surface area (Å²) in [6.07, 6.45) is 1.02. The van der Waals surface area contributed by atoms with Crippen molar-refractivity contribution in [2.75, 3.05) is 11.9 Å². The summed E-state index contributed by atoms with van der Waals surface area (Å²) in [6.45, 7) is 4.80. The van der Waals surface area contributed by atoms with Gasteiger partial charge in [-0.3, -0.25) is 4.79 Å². The van der Waals surface area contributed by atoms with Gasteiger partial charge in [0.25, 0.3) is 0 Å². The number of ether oxygens (including phenoxy) is 1. The lowest BCUT2D eigenvalue weighted by Gasteiger charge is -2.11. The molecule has 0 unspecified atom stereocenters. The molecule has 0 saturated carbocycles. The fourth-order valence-electron chi connectivity index (χ4n) is 2.67. The third kappa shape index (κ3) is 6.39. The standard InChI is InChI=1S/C22H22Br2N2O2S/c1-14(2)16-7-10-20(18(24)12-16)28-11-3-4-21(27)26-22-25-19(13-29-22)15-5-8-17(23)9-6-15/h5-10,12-14H,3-4,11H2,1-2H3,(H,25,26,27). The van der Waals surface area contributed by atoms with Gasteiger partial charge in [0.2, 0.25) is 5.91 Å². The van der Waals surface area contributed by atoms with Crippen molar-refractivity contribution in [3.63, 3.8) is 0 Å². The number of thiazole rings is 1. The van der Waals surface area contributed by atoms with Crippen molar-refractivity contribution in [3.8, 4) is 17.0 Å². The number of hydrogen-bond donors (Lipinski definition) is 1. The van der Waals surface area contributed by atoms with Crippen molar-refractivity contribution >= 4 is 54.2 Å². The molecular formula is C22H22Br2N2O2S. The molecule has 0 spiro atoms. The average Bonchev–Trinajstić information content (AvgIpc) is 3.15. The highest BCUT2D eigenvalue weighted by atomic mass is 79.9. The molecule has 4 nitrogen and oxygen atoms in total. The van der Waals surface area contributed by atoms with Gasteiger partial charge in [-0.15, -0.1) is 11.3 Å². The van der Waals surface area contributed by atoms with Gasteiger partial charge < -0.3 is 10.1 Å². The third-order valence-electron chi connectivity index (χ3n) is 4.32. The minimum atomic E-state index is -0.0560. The average molecular weight is 538 g/mol. The first kappa shape index (κ1) is 22.0. The van der Waals surface area contributed by atoms with E-state index in [1.165, 1.54) is 16.9 Å². The molecule has 2 aromatic carbocycles. The molecule has 1 heterocycles. The van der Waals surface area contributed by atoms with E-state index in [-0.39, 0.29) is 5.91 Å². The lowest BCUT2D eigenvalue weighted by atomic mass is 10.0. The second kappa shape index (κ2) is 10.4. The van der Waals surface area contributed by atoms with Crippen LogP contribution in [0.1, 0.15) is 38.2 Å². The van der Waals surface area contributed by atoms with Gasteiger partial charge in [-0.1, -0.05) is 48.0 Å². The van der Waals surface area contributed by atoms with Crippen LogP contribution < -0.4 is 10.1 Å². The van der Waals surface area contributed by atoms with Crippen LogP contribution in [0.5, 0.6) is 5.75 Å². The normalized spacial score (nSPS) is 10.9. The molecular weight excluding hydrogens is 516 g/mol. The maximum Gasteiger partial charge on any atom is 0.226 e. The summed E-state index contributed by atoms with van der Waals surface area (Å²) in [4.78, 5) is 16.7. The summed E-state index contributed by atoms with van der Waals surface area (Å²) in [7, 11) is 0. The third-order valence-corrected chi connectivity index (χ3v) is 6.22. The lowest BCUT2D eigenvalue weighted by Crippen LogP contribution is -2.12. The first-order valence-electron chi connectivity index (χ1n) is 9.36. The number of carbonyl (C=O) groups excluding carboxylic acids is 1. The molecule has 0 atom stereocenters. The highest BCUT2D eigenvalue weighted by molar-refractivity contribution is 9.10. The molecule has 0 radical (unpaired) electrons. The minimum Gasteiger partial charge on any atom is -0.492 e. The first-order valence-corrected chi connectivity index (χ1v) is 11.8. The number of halogens is 2. The van der Waals surface area contributed by atoms with E-state index in [1.807, 2.05) is 35.7 Å². The van der Waals surface area contributed by atoms with Gasteiger partial charge in [0.05, 0.1) is 16.8 Å². The van der Waals surface area contributed by atoms with Gasteiger partial charge in [0, 0.05) is 21.8 Å².